The molecule has 2 aromatic rings. The third-order valence-corrected chi connectivity index (χ3v) is 5.07. The van der Waals surface area contributed by atoms with Crippen molar-refractivity contribution in [1.29, 1.82) is 0 Å². The Morgan fingerprint density at radius 3 is 2.27 bits per heavy atom. The van der Waals surface area contributed by atoms with E-state index in [1.165, 1.54) is 0 Å². The monoisotopic (exact) mass is 350 g/mol. The van der Waals surface area contributed by atoms with E-state index in [1.807, 2.05) is 51.1 Å². The van der Waals surface area contributed by atoms with E-state index in [0.29, 0.717) is 11.1 Å². The average Bonchev–Trinajstić information content (AvgIpc) is 2.83. The number of benzene rings is 2. The lowest BCUT2D eigenvalue weighted by molar-refractivity contribution is -0.130. The molecule has 1 saturated heterocycles. The van der Waals surface area contributed by atoms with Crippen molar-refractivity contribution >= 4 is 17.7 Å². The lowest BCUT2D eigenvalue weighted by Gasteiger charge is -2.22. The van der Waals surface area contributed by atoms with Crippen molar-refractivity contribution in [3.8, 4) is 0 Å². The van der Waals surface area contributed by atoms with E-state index in [9.17, 15) is 14.4 Å². The molecule has 0 bridgehead atoms. The van der Waals surface area contributed by atoms with Crippen LogP contribution in [0.15, 0.2) is 42.5 Å². The quantitative estimate of drug-likeness (QED) is 0.680. The van der Waals surface area contributed by atoms with Gasteiger partial charge in [-0.05, 0) is 56.0 Å². The van der Waals surface area contributed by atoms with Crippen LogP contribution in [0.2, 0.25) is 0 Å². The fourth-order valence-corrected chi connectivity index (χ4v) is 3.30. The summed E-state index contributed by atoms with van der Waals surface area (Å²) in [7, 11) is 0. The van der Waals surface area contributed by atoms with Gasteiger partial charge in [-0.3, -0.25) is 14.5 Å². The lowest BCUT2D eigenvalue weighted by atomic mass is 9.92. The van der Waals surface area contributed by atoms with E-state index < -0.39 is 17.5 Å². The van der Waals surface area contributed by atoms with Gasteiger partial charge in [0.1, 0.15) is 5.54 Å². The van der Waals surface area contributed by atoms with Gasteiger partial charge >= 0.3 is 6.03 Å². The molecule has 0 spiro atoms. The van der Waals surface area contributed by atoms with Crippen LogP contribution in [-0.4, -0.2) is 29.2 Å². The third kappa shape index (κ3) is 2.90. The van der Waals surface area contributed by atoms with E-state index in [1.54, 1.807) is 19.1 Å². The molecule has 5 heteroatoms. The van der Waals surface area contributed by atoms with Gasteiger partial charge in [-0.2, -0.15) is 0 Å². The summed E-state index contributed by atoms with van der Waals surface area (Å²) < 4.78 is 0. The maximum Gasteiger partial charge on any atom is 0.325 e. The molecule has 1 unspecified atom stereocenters. The maximum absolute atomic E-state index is 12.9. The molecule has 0 saturated carbocycles. The number of imide groups is 1. The molecule has 1 atom stereocenters. The molecule has 1 N–H and O–H groups in total. The van der Waals surface area contributed by atoms with Crippen LogP contribution >= 0.6 is 0 Å². The van der Waals surface area contributed by atoms with Crippen molar-refractivity contribution in [3.05, 3.63) is 70.3 Å². The molecule has 0 radical (unpaired) electrons. The highest BCUT2D eigenvalue weighted by Gasteiger charge is 2.49. The number of urea groups is 1. The summed E-state index contributed by atoms with van der Waals surface area (Å²) >= 11 is 0. The Bertz CT molecular complexity index is 905. The Labute approximate surface area is 153 Å². The first-order valence-corrected chi connectivity index (χ1v) is 8.54. The summed E-state index contributed by atoms with van der Waals surface area (Å²) in [5.74, 6) is -0.657. The van der Waals surface area contributed by atoms with Gasteiger partial charge < -0.3 is 5.32 Å². The number of hydrogen-bond acceptors (Lipinski definition) is 3. The number of nitrogens with one attached hydrogen (secondary N) is 1. The van der Waals surface area contributed by atoms with E-state index in [0.717, 1.165) is 21.6 Å². The standard InChI is InChI=1S/C21H22N2O3/c1-13-10-15(3)17(11-14(13)2)18(24)12-23-19(25)21(4,22-20(23)26)16-8-6-5-7-9-16/h5-11H,12H2,1-4H3,(H,22,26). The third-order valence-electron chi connectivity index (χ3n) is 5.07. The summed E-state index contributed by atoms with van der Waals surface area (Å²) in [6.07, 6.45) is 0. The molecule has 0 aromatic heterocycles. The Balaban J connectivity index is 1.87. The molecule has 1 heterocycles. The van der Waals surface area contributed by atoms with E-state index in [-0.39, 0.29) is 12.3 Å². The number of rotatable bonds is 4. The van der Waals surface area contributed by atoms with E-state index in [4.69, 9.17) is 0 Å². The van der Waals surface area contributed by atoms with Crippen molar-refractivity contribution in [2.75, 3.05) is 6.54 Å². The highest BCUT2D eigenvalue weighted by atomic mass is 16.2. The number of carbonyl (C=O) groups is 3. The summed E-state index contributed by atoms with van der Waals surface area (Å²) in [5, 5.41) is 2.72. The summed E-state index contributed by atoms with van der Waals surface area (Å²) in [6.45, 7) is 7.18. The minimum absolute atomic E-state index is 0.244. The second kappa shape index (κ2) is 6.41. The molecule has 2 aromatic carbocycles. The summed E-state index contributed by atoms with van der Waals surface area (Å²) in [4.78, 5) is 39.0. The molecule has 1 fully saturated rings. The minimum Gasteiger partial charge on any atom is -0.319 e. The van der Waals surface area contributed by atoms with Gasteiger partial charge in [0, 0.05) is 5.56 Å². The molecule has 1 aliphatic heterocycles. The van der Waals surface area contributed by atoms with E-state index >= 15 is 0 Å². The fraction of sp³-hybridized carbons (Fsp3) is 0.286. The van der Waals surface area contributed by atoms with Crippen LogP contribution in [0.5, 0.6) is 0 Å². The van der Waals surface area contributed by atoms with Gasteiger partial charge in [0.2, 0.25) is 0 Å². The number of carbonyl (C=O) groups excluding carboxylic acids is 3. The molecule has 134 valence electrons. The molecular weight excluding hydrogens is 328 g/mol. The van der Waals surface area contributed by atoms with Crippen LogP contribution in [0, 0.1) is 20.8 Å². The second-order valence-corrected chi connectivity index (χ2v) is 6.99. The first-order valence-electron chi connectivity index (χ1n) is 8.54. The summed E-state index contributed by atoms with van der Waals surface area (Å²) in [6, 6.07) is 12.3. The van der Waals surface area contributed by atoms with Crippen LogP contribution in [-0.2, 0) is 10.3 Å². The van der Waals surface area contributed by atoms with Gasteiger partial charge in [-0.25, -0.2) is 4.79 Å². The van der Waals surface area contributed by atoms with Crippen molar-refractivity contribution < 1.29 is 14.4 Å². The van der Waals surface area contributed by atoms with Gasteiger partial charge in [0.15, 0.2) is 5.78 Å². The predicted octanol–water partition coefficient (Wildman–Crippen LogP) is 3.26. The first-order chi connectivity index (χ1) is 12.2. The Hall–Kier alpha value is -2.95. The minimum atomic E-state index is -1.16. The zero-order valence-electron chi connectivity index (χ0n) is 15.4. The molecule has 0 aliphatic carbocycles. The molecule has 26 heavy (non-hydrogen) atoms. The number of hydrogen-bond donors (Lipinski definition) is 1. The maximum atomic E-state index is 12.9. The Morgan fingerprint density at radius 2 is 1.62 bits per heavy atom. The van der Waals surface area contributed by atoms with E-state index in [2.05, 4.69) is 5.32 Å². The number of ketones is 1. The molecule has 3 amide bonds. The van der Waals surface area contributed by atoms with Gasteiger partial charge in [0.25, 0.3) is 5.91 Å². The zero-order chi connectivity index (χ0) is 19.1. The normalized spacial score (nSPS) is 19.6. The number of nitrogens with zero attached hydrogens (tertiary/aromatic N) is 1. The SMILES string of the molecule is Cc1cc(C)c(C(=O)CN2C(=O)NC(C)(c3ccccc3)C2=O)cc1C. The smallest absolute Gasteiger partial charge is 0.319 e. The van der Waals surface area contributed by atoms with Crippen LogP contribution in [0.1, 0.15) is 39.5 Å². The van der Waals surface area contributed by atoms with Crippen molar-refractivity contribution in [2.45, 2.75) is 33.2 Å². The van der Waals surface area contributed by atoms with Crippen molar-refractivity contribution in [2.24, 2.45) is 0 Å². The predicted molar refractivity (Wildman–Crippen MR) is 99.0 cm³/mol. The second-order valence-electron chi connectivity index (χ2n) is 6.99. The molecular formula is C21H22N2O3. The van der Waals surface area contributed by atoms with Gasteiger partial charge in [-0.1, -0.05) is 36.4 Å². The Kier molecular flexibility index (Phi) is 4.40. The zero-order valence-corrected chi connectivity index (χ0v) is 15.4. The lowest BCUT2D eigenvalue weighted by Crippen LogP contribution is -2.41. The Morgan fingerprint density at radius 1 is 1.00 bits per heavy atom. The summed E-state index contributed by atoms with van der Waals surface area (Å²) in [5.41, 5.74) is 3.03. The number of amides is 3. The largest absolute Gasteiger partial charge is 0.325 e. The topological polar surface area (TPSA) is 66.5 Å². The number of aryl methyl sites for hydroxylation is 3. The van der Waals surface area contributed by atoms with Crippen molar-refractivity contribution in [1.82, 2.24) is 10.2 Å². The van der Waals surface area contributed by atoms with Crippen LogP contribution in [0.3, 0.4) is 0 Å². The number of Topliss-reactive ketones (excluding diaryl/α,β-unsaturated/α-hetero) is 1. The van der Waals surface area contributed by atoms with Crippen LogP contribution in [0.4, 0.5) is 4.79 Å². The molecule has 1 aliphatic rings. The highest BCUT2D eigenvalue weighted by Crippen LogP contribution is 2.29. The molecule has 3 rings (SSSR count). The van der Waals surface area contributed by atoms with Crippen LogP contribution < -0.4 is 5.32 Å². The molecule has 5 nitrogen and oxygen atoms in total. The highest BCUT2D eigenvalue weighted by molar-refractivity contribution is 6.11. The average molecular weight is 350 g/mol. The first kappa shape index (κ1) is 17.9. The van der Waals surface area contributed by atoms with Crippen molar-refractivity contribution in [3.63, 3.8) is 0 Å². The fourth-order valence-electron chi connectivity index (χ4n) is 3.30. The van der Waals surface area contributed by atoms with Gasteiger partial charge in [-0.15, -0.1) is 0 Å². The van der Waals surface area contributed by atoms with Crippen LogP contribution in [0.25, 0.3) is 0 Å². The van der Waals surface area contributed by atoms with Gasteiger partial charge in [0.05, 0.1) is 6.54 Å².